The highest BCUT2D eigenvalue weighted by molar-refractivity contribution is 7.89. The molecule has 0 bridgehead atoms. The van der Waals surface area contributed by atoms with Gasteiger partial charge in [0.25, 0.3) is 0 Å². The number of piperidine rings is 1. The Morgan fingerprint density at radius 2 is 1.65 bits per heavy atom. The minimum atomic E-state index is -3.54. The molecule has 0 aliphatic carbocycles. The van der Waals surface area contributed by atoms with Gasteiger partial charge in [-0.05, 0) is 56.0 Å². The molecule has 34 heavy (non-hydrogen) atoms. The molecule has 0 radical (unpaired) electrons. The van der Waals surface area contributed by atoms with Crippen LogP contribution in [0.4, 0.5) is 5.69 Å². The van der Waals surface area contributed by atoms with Gasteiger partial charge in [0.2, 0.25) is 15.9 Å². The van der Waals surface area contributed by atoms with Gasteiger partial charge >= 0.3 is 0 Å². The molecule has 2 aromatic carbocycles. The van der Waals surface area contributed by atoms with E-state index in [1.165, 1.54) is 9.99 Å². The zero-order valence-electron chi connectivity index (χ0n) is 20.4. The zero-order chi connectivity index (χ0) is 24.3. The summed E-state index contributed by atoms with van der Waals surface area (Å²) in [5.41, 5.74) is 4.07. The van der Waals surface area contributed by atoms with E-state index in [1.807, 2.05) is 33.0 Å². The van der Waals surface area contributed by atoms with Crippen molar-refractivity contribution in [3.8, 4) is 0 Å². The number of rotatable bonds is 6. The number of benzene rings is 2. The lowest BCUT2D eigenvalue weighted by Gasteiger charge is -2.33. The summed E-state index contributed by atoms with van der Waals surface area (Å²) in [4.78, 5) is 17.5. The first kappa shape index (κ1) is 24.7. The van der Waals surface area contributed by atoms with Crippen molar-refractivity contribution in [2.75, 3.05) is 51.3 Å². The molecule has 2 aliphatic heterocycles. The first-order chi connectivity index (χ1) is 16.3. The van der Waals surface area contributed by atoms with Crippen LogP contribution in [0.25, 0.3) is 0 Å². The third-order valence-electron chi connectivity index (χ3n) is 6.86. The zero-order valence-corrected chi connectivity index (χ0v) is 21.2. The van der Waals surface area contributed by atoms with Gasteiger partial charge in [-0.15, -0.1) is 0 Å². The van der Waals surface area contributed by atoms with Crippen molar-refractivity contribution in [1.29, 1.82) is 0 Å². The smallest absolute Gasteiger partial charge is 0.243 e. The van der Waals surface area contributed by atoms with E-state index in [0.29, 0.717) is 37.4 Å². The van der Waals surface area contributed by atoms with E-state index in [9.17, 15) is 13.2 Å². The van der Waals surface area contributed by atoms with Crippen LogP contribution in [0.2, 0.25) is 0 Å². The van der Waals surface area contributed by atoms with Crippen LogP contribution in [0.15, 0.2) is 47.4 Å². The normalized spacial score (nSPS) is 18.1. The van der Waals surface area contributed by atoms with Crippen LogP contribution < -0.4 is 4.90 Å². The van der Waals surface area contributed by atoms with Crippen LogP contribution in [-0.2, 0) is 26.1 Å². The van der Waals surface area contributed by atoms with Crippen molar-refractivity contribution in [3.05, 3.63) is 59.2 Å². The van der Waals surface area contributed by atoms with Crippen LogP contribution in [0.1, 0.15) is 29.5 Å². The van der Waals surface area contributed by atoms with E-state index in [-0.39, 0.29) is 11.8 Å². The van der Waals surface area contributed by atoms with E-state index in [4.69, 9.17) is 4.74 Å². The van der Waals surface area contributed by atoms with E-state index >= 15 is 0 Å². The second kappa shape index (κ2) is 10.5. The molecule has 0 unspecified atom stereocenters. The summed E-state index contributed by atoms with van der Waals surface area (Å²) in [6.45, 7) is 8.37. The highest BCUT2D eigenvalue weighted by Gasteiger charge is 2.33. The van der Waals surface area contributed by atoms with Crippen molar-refractivity contribution in [2.24, 2.45) is 5.92 Å². The first-order valence-corrected chi connectivity index (χ1v) is 13.4. The number of hydrogen-bond donors (Lipinski definition) is 0. The molecule has 0 spiro atoms. The predicted molar refractivity (Wildman–Crippen MR) is 133 cm³/mol. The number of nitrogens with zero attached hydrogens (tertiary/aromatic N) is 3. The molecule has 2 aromatic rings. The van der Waals surface area contributed by atoms with E-state index in [1.54, 1.807) is 11.0 Å². The molecule has 2 aliphatic rings. The number of sulfonamides is 1. The summed E-state index contributed by atoms with van der Waals surface area (Å²) in [6.07, 6.45) is 1.09. The van der Waals surface area contributed by atoms with Crippen molar-refractivity contribution < 1.29 is 17.9 Å². The number of carbonyl (C=O) groups excluding carboxylic acids is 1. The van der Waals surface area contributed by atoms with Crippen molar-refractivity contribution in [2.45, 2.75) is 38.1 Å². The third kappa shape index (κ3) is 5.45. The number of aryl methyl sites for hydroxylation is 2. The molecule has 7 nitrogen and oxygen atoms in total. The number of carbonyl (C=O) groups is 1. The first-order valence-electron chi connectivity index (χ1n) is 12.0. The van der Waals surface area contributed by atoms with Crippen LogP contribution >= 0.6 is 0 Å². The van der Waals surface area contributed by atoms with E-state index in [2.05, 4.69) is 29.2 Å². The number of amides is 1. The molecule has 4 rings (SSSR count). The molecule has 0 saturated carbocycles. The van der Waals surface area contributed by atoms with Crippen molar-refractivity contribution >= 4 is 21.6 Å². The van der Waals surface area contributed by atoms with Gasteiger partial charge in [0.15, 0.2) is 0 Å². The van der Waals surface area contributed by atoms with Crippen LogP contribution in [0.5, 0.6) is 0 Å². The Bertz CT molecular complexity index is 1100. The van der Waals surface area contributed by atoms with Gasteiger partial charge in [-0.2, -0.15) is 4.31 Å². The molecule has 8 heteroatoms. The van der Waals surface area contributed by atoms with Gasteiger partial charge < -0.3 is 14.5 Å². The highest BCUT2D eigenvalue weighted by atomic mass is 32.2. The highest BCUT2D eigenvalue weighted by Crippen LogP contribution is 2.27. The summed E-state index contributed by atoms with van der Waals surface area (Å²) in [5, 5.41) is 0. The third-order valence-corrected chi connectivity index (χ3v) is 8.92. The Morgan fingerprint density at radius 3 is 2.26 bits per heavy atom. The Kier molecular flexibility index (Phi) is 7.60. The van der Waals surface area contributed by atoms with Gasteiger partial charge in [0.05, 0.1) is 18.1 Å². The Labute approximate surface area is 203 Å². The lowest BCUT2D eigenvalue weighted by Crippen LogP contribution is -2.43. The molecule has 184 valence electrons. The average Bonchev–Trinajstić information content (AvgIpc) is 2.84. The Balaban J connectivity index is 1.32. The van der Waals surface area contributed by atoms with Crippen LogP contribution in [-0.4, -0.2) is 70.0 Å². The largest absolute Gasteiger partial charge is 0.378 e. The van der Waals surface area contributed by atoms with Gasteiger partial charge in [-0.3, -0.25) is 4.79 Å². The second-order valence-electron chi connectivity index (χ2n) is 9.41. The fourth-order valence-electron chi connectivity index (χ4n) is 4.87. The molecule has 0 atom stereocenters. The standard InChI is InChI=1S/C26H35N3O4S/c1-20-4-9-25(21(2)18-20)34(31,32)29-12-10-23(11-13-29)26(30)27(3)19-22-5-7-24(8-6-22)28-14-16-33-17-15-28/h4-9,18,23H,10-17,19H2,1-3H3. The molecule has 2 heterocycles. The summed E-state index contributed by atoms with van der Waals surface area (Å²) >= 11 is 0. The number of anilines is 1. The Hall–Kier alpha value is -2.42. The SMILES string of the molecule is Cc1ccc(S(=O)(=O)N2CCC(C(=O)N(C)Cc3ccc(N4CCOCC4)cc3)CC2)c(C)c1. The minimum absolute atomic E-state index is 0.0841. The summed E-state index contributed by atoms with van der Waals surface area (Å²) < 4.78 is 33.2. The number of hydrogen-bond acceptors (Lipinski definition) is 5. The fourth-order valence-corrected chi connectivity index (χ4v) is 6.54. The minimum Gasteiger partial charge on any atom is -0.378 e. The predicted octanol–water partition coefficient (Wildman–Crippen LogP) is 3.20. The van der Waals surface area contributed by atoms with Gasteiger partial charge in [0, 0.05) is 51.4 Å². The van der Waals surface area contributed by atoms with E-state index in [0.717, 1.165) is 43.0 Å². The van der Waals surface area contributed by atoms with Gasteiger partial charge in [-0.1, -0.05) is 29.8 Å². The Morgan fingerprint density at radius 1 is 1.00 bits per heavy atom. The maximum Gasteiger partial charge on any atom is 0.243 e. The number of morpholine rings is 1. The monoisotopic (exact) mass is 485 g/mol. The van der Waals surface area contributed by atoms with Crippen LogP contribution in [0.3, 0.4) is 0 Å². The molecule has 2 fully saturated rings. The number of ether oxygens (including phenoxy) is 1. The lowest BCUT2D eigenvalue weighted by molar-refractivity contribution is -0.135. The summed E-state index contributed by atoms with van der Waals surface area (Å²) in [6, 6.07) is 13.8. The average molecular weight is 486 g/mol. The lowest BCUT2D eigenvalue weighted by atomic mass is 9.96. The molecule has 0 N–H and O–H groups in total. The second-order valence-corrected chi connectivity index (χ2v) is 11.3. The van der Waals surface area contributed by atoms with Crippen molar-refractivity contribution in [1.82, 2.24) is 9.21 Å². The topological polar surface area (TPSA) is 70.2 Å². The molecule has 2 saturated heterocycles. The van der Waals surface area contributed by atoms with Gasteiger partial charge in [0.1, 0.15) is 0 Å². The maximum absolute atomic E-state index is 13.1. The van der Waals surface area contributed by atoms with Gasteiger partial charge in [-0.25, -0.2) is 8.42 Å². The molecule has 1 amide bonds. The van der Waals surface area contributed by atoms with Crippen molar-refractivity contribution in [3.63, 3.8) is 0 Å². The van der Waals surface area contributed by atoms with E-state index < -0.39 is 10.0 Å². The quantitative estimate of drug-likeness (QED) is 0.629. The summed E-state index contributed by atoms with van der Waals surface area (Å²) in [7, 11) is -1.71. The fraction of sp³-hybridized carbons (Fsp3) is 0.500. The molecular formula is C26H35N3O4S. The molecular weight excluding hydrogens is 450 g/mol. The van der Waals surface area contributed by atoms with Crippen LogP contribution in [0, 0.1) is 19.8 Å². The summed E-state index contributed by atoms with van der Waals surface area (Å²) in [5.74, 6) is -0.0657. The molecule has 0 aromatic heterocycles. The maximum atomic E-state index is 13.1.